The molecule has 0 aromatic heterocycles. The number of carbonyl (C=O) groups excluding carboxylic acids is 2. The van der Waals surface area contributed by atoms with Gasteiger partial charge in [0.05, 0.1) is 12.2 Å². The molecule has 0 saturated heterocycles. The summed E-state index contributed by atoms with van der Waals surface area (Å²) in [6.07, 6.45) is 18.8. The fourth-order valence-electron chi connectivity index (χ4n) is 4.91. The molecular weight excluding hydrogens is 364 g/mol. The van der Waals surface area contributed by atoms with Gasteiger partial charge >= 0.3 is 5.97 Å². The summed E-state index contributed by atoms with van der Waals surface area (Å²) in [5.74, 6) is 1.02. The minimum atomic E-state index is -0.341. The van der Waals surface area contributed by atoms with Gasteiger partial charge < -0.3 is 9.84 Å². The Morgan fingerprint density at radius 2 is 2.07 bits per heavy atom. The van der Waals surface area contributed by atoms with E-state index in [2.05, 4.69) is 12.2 Å². The van der Waals surface area contributed by atoms with Crippen molar-refractivity contribution in [2.45, 2.75) is 90.3 Å². The zero-order valence-corrected chi connectivity index (χ0v) is 17.9. The molecule has 4 nitrogen and oxygen atoms in total. The van der Waals surface area contributed by atoms with E-state index in [1.54, 1.807) is 6.08 Å². The minimum Gasteiger partial charge on any atom is -0.463 e. The predicted molar refractivity (Wildman–Crippen MR) is 114 cm³/mol. The molecule has 0 spiro atoms. The summed E-state index contributed by atoms with van der Waals surface area (Å²) in [5, 5.41) is 10.3. The van der Waals surface area contributed by atoms with Gasteiger partial charge in [-0.25, -0.2) is 0 Å². The Kier molecular flexibility index (Phi) is 7.50. The Labute approximate surface area is 175 Å². The van der Waals surface area contributed by atoms with Crippen molar-refractivity contribution >= 4 is 11.8 Å². The molecule has 0 unspecified atom stereocenters. The second-order valence-electron chi connectivity index (χ2n) is 9.53. The average molecular weight is 401 g/mol. The Morgan fingerprint density at radius 1 is 1.31 bits per heavy atom. The number of aliphatic hydroxyl groups is 1. The molecule has 4 aliphatic carbocycles. The Morgan fingerprint density at radius 3 is 2.72 bits per heavy atom. The summed E-state index contributed by atoms with van der Waals surface area (Å²) in [6.45, 7) is 3.71. The first-order valence-corrected chi connectivity index (χ1v) is 11.3. The molecule has 0 aromatic carbocycles. The van der Waals surface area contributed by atoms with Crippen molar-refractivity contribution in [1.29, 1.82) is 0 Å². The lowest BCUT2D eigenvalue weighted by atomic mass is 9.43. The van der Waals surface area contributed by atoms with Crippen LogP contribution in [0.1, 0.15) is 78.1 Å². The number of carbonyl (C=O) groups is 2. The summed E-state index contributed by atoms with van der Waals surface area (Å²) in [6, 6.07) is 0. The smallest absolute Gasteiger partial charge is 0.306 e. The van der Waals surface area contributed by atoms with Crippen LogP contribution < -0.4 is 0 Å². The van der Waals surface area contributed by atoms with Gasteiger partial charge in [-0.2, -0.15) is 0 Å². The van der Waals surface area contributed by atoms with Crippen molar-refractivity contribution in [3.63, 3.8) is 0 Å². The maximum atomic E-state index is 12.2. The first kappa shape index (κ1) is 22.0. The van der Waals surface area contributed by atoms with E-state index in [1.165, 1.54) is 19.3 Å². The second-order valence-corrected chi connectivity index (χ2v) is 9.53. The summed E-state index contributed by atoms with van der Waals surface area (Å²) >= 11 is 0. The van der Waals surface area contributed by atoms with Crippen molar-refractivity contribution in [2.24, 2.45) is 17.3 Å². The average Bonchev–Trinajstić information content (AvgIpc) is 2.93. The summed E-state index contributed by atoms with van der Waals surface area (Å²) < 4.78 is 5.12. The molecular formula is C25H36O4. The Hall–Kier alpha value is -1.68. The normalized spacial score (nSPS) is 30.1. The van der Waals surface area contributed by atoms with Crippen LogP contribution in [0.2, 0.25) is 0 Å². The molecule has 3 saturated carbocycles. The number of ketones is 1. The van der Waals surface area contributed by atoms with Gasteiger partial charge in [-0.1, -0.05) is 24.3 Å². The topological polar surface area (TPSA) is 63.6 Å². The quantitative estimate of drug-likeness (QED) is 0.215. The maximum absolute atomic E-state index is 12.2. The number of ether oxygens (including phenoxy) is 1. The van der Waals surface area contributed by atoms with E-state index in [9.17, 15) is 14.7 Å². The molecule has 0 aliphatic heterocycles. The third kappa shape index (κ3) is 6.15. The van der Waals surface area contributed by atoms with Crippen molar-refractivity contribution in [3.8, 4) is 0 Å². The van der Waals surface area contributed by atoms with E-state index in [-0.39, 0.29) is 29.9 Å². The van der Waals surface area contributed by atoms with Gasteiger partial charge in [0, 0.05) is 17.9 Å². The van der Waals surface area contributed by atoms with Crippen LogP contribution in [0.25, 0.3) is 0 Å². The fraction of sp³-hybridized carbons (Fsp3) is 0.680. The van der Waals surface area contributed by atoms with Crippen LogP contribution in [0, 0.1) is 17.3 Å². The van der Waals surface area contributed by atoms with E-state index in [0.29, 0.717) is 18.3 Å². The van der Waals surface area contributed by atoms with Crippen LogP contribution in [0.4, 0.5) is 0 Å². The fourth-order valence-corrected chi connectivity index (χ4v) is 4.91. The zero-order chi connectivity index (χ0) is 20.9. The molecule has 1 N–H and O–H groups in total. The monoisotopic (exact) mass is 400 g/mol. The Bertz CT molecular complexity index is 668. The molecule has 160 valence electrons. The number of esters is 1. The van der Waals surface area contributed by atoms with Crippen LogP contribution in [0.15, 0.2) is 36.0 Å². The predicted octanol–water partition coefficient (Wildman–Crippen LogP) is 5.07. The van der Waals surface area contributed by atoms with Gasteiger partial charge in [0.2, 0.25) is 0 Å². The highest BCUT2D eigenvalue weighted by Crippen LogP contribution is 2.66. The maximum Gasteiger partial charge on any atom is 0.306 e. The molecule has 2 bridgehead atoms. The summed E-state index contributed by atoms with van der Waals surface area (Å²) in [4.78, 5) is 23.7. The number of aliphatic hydroxyl groups excluding tert-OH is 1. The van der Waals surface area contributed by atoms with Crippen molar-refractivity contribution < 1.29 is 19.4 Å². The number of hydrogen-bond acceptors (Lipinski definition) is 4. The standard InChI is InChI=1S/C25H36O4/c1-18(2)29-24(28)8-6-4-3-5-7-20-9-12-23(27)22(20)11-10-21(26)13-14-25-15-19(16-25)17-25/h3,5,9,11-12,18-21,26H,4,6-8,10,13-17H2,1-2H3/b5-3-,22-11+/t19?,20-,21+,25?/m0/s1. The number of allylic oxidation sites excluding steroid dienone is 5. The largest absolute Gasteiger partial charge is 0.463 e. The van der Waals surface area contributed by atoms with Crippen LogP contribution >= 0.6 is 0 Å². The van der Waals surface area contributed by atoms with Crippen molar-refractivity contribution in [1.82, 2.24) is 0 Å². The van der Waals surface area contributed by atoms with E-state index in [4.69, 9.17) is 4.74 Å². The zero-order valence-electron chi connectivity index (χ0n) is 17.9. The number of rotatable bonds is 12. The van der Waals surface area contributed by atoms with Gasteiger partial charge in [-0.15, -0.1) is 0 Å². The second kappa shape index (κ2) is 9.88. The van der Waals surface area contributed by atoms with Crippen LogP contribution in [0.5, 0.6) is 0 Å². The molecule has 29 heavy (non-hydrogen) atoms. The summed E-state index contributed by atoms with van der Waals surface area (Å²) in [7, 11) is 0. The first-order chi connectivity index (χ1) is 13.9. The van der Waals surface area contributed by atoms with E-state index < -0.39 is 0 Å². The van der Waals surface area contributed by atoms with Crippen LogP contribution in [-0.2, 0) is 14.3 Å². The van der Waals surface area contributed by atoms with Gasteiger partial charge in [0.15, 0.2) is 5.78 Å². The van der Waals surface area contributed by atoms with Crippen molar-refractivity contribution in [3.05, 3.63) is 36.0 Å². The third-order valence-corrected chi connectivity index (χ3v) is 6.62. The van der Waals surface area contributed by atoms with Crippen LogP contribution in [-0.4, -0.2) is 29.1 Å². The molecule has 0 heterocycles. The lowest BCUT2D eigenvalue weighted by molar-refractivity contribution is -0.147. The highest BCUT2D eigenvalue weighted by atomic mass is 16.5. The molecule has 4 heteroatoms. The molecule has 4 rings (SSSR count). The molecule has 4 aliphatic rings. The molecule has 3 fully saturated rings. The molecule has 0 aromatic rings. The van der Waals surface area contributed by atoms with Crippen LogP contribution in [0.3, 0.4) is 0 Å². The third-order valence-electron chi connectivity index (χ3n) is 6.62. The molecule has 0 amide bonds. The lowest BCUT2D eigenvalue weighted by Crippen LogP contribution is -2.51. The van der Waals surface area contributed by atoms with E-state index in [1.807, 2.05) is 26.0 Å². The highest BCUT2D eigenvalue weighted by Gasteiger charge is 2.55. The van der Waals surface area contributed by atoms with Gasteiger partial charge in [-0.3, -0.25) is 9.59 Å². The molecule has 2 atom stereocenters. The number of unbranched alkanes of at least 4 members (excludes halogenated alkanes) is 1. The summed E-state index contributed by atoms with van der Waals surface area (Å²) in [5.41, 5.74) is 1.39. The van der Waals surface area contributed by atoms with Gasteiger partial charge in [0.1, 0.15) is 0 Å². The van der Waals surface area contributed by atoms with Crippen molar-refractivity contribution in [2.75, 3.05) is 0 Å². The van der Waals surface area contributed by atoms with Gasteiger partial charge in [0.25, 0.3) is 0 Å². The molecule has 0 radical (unpaired) electrons. The van der Waals surface area contributed by atoms with E-state index >= 15 is 0 Å². The van der Waals surface area contributed by atoms with E-state index in [0.717, 1.165) is 43.6 Å². The van der Waals surface area contributed by atoms with Gasteiger partial charge in [-0.05, 0) is 89.0 Å². The SMILES string of the molecule is CC(C)OC(=O)CCC/C=C\C[C@H]1C=CC(=O)/C1=C/C[C@@H](O)CCC12CC(C1)C2. The number of hydrogen-bond donors (Lipinski definition) is 1. The first-order valence-electron chi connectivity index (χ1n) is 11.3. The lowest BCUT2D eigenvalue weighted by Gasteiger charge is -2.62. The Balaban J connectivity index is 1.34. The highest BCUT2D eigenvalue weighted by molar-refractivity contribution is 6.07. The minimum absolute atomic E-state index is 0.0584.